The largest absolute Gasteiger partial charge is 0.0654 e. The lowest BCUT2D eigenvalue weighted by atomic mass is 9.88. The van der Waals surface area contributed by atoms with Gasteiger partial charge in [0.05, 0.1) is 0 Å². The second-order valence-electron chi connectivity index (χ2n) is 17.6. The molecule has 0 fully saturated rings. The Bertz CT molecular complexity index is 2310. The molecule has 0 aromatic heterocycles. The molecule has 0 aliphatic rings. The number of unbranched alkanes of at least 4 members (excludes halogenated alkanes) is 14. The monoisotopic (exact) mass is 815 g/mol. The topological polar surface area (TPSA) is 0 Å². The molecule has 0 saturated heterocycles. The average Bonchev–Trinajstić information content (AvgIpc) is 3.34. The van der Waals surface area contributed by atoms with Crippen molar-refractivity contribution in [1.29, 1.82) is 0 Å². The van der Waals surface area contributed by atoms with Crippen molar-refractivity contribution in [2.75, 3.05) is 0 Å². The van der Waals surface area contributed by atoms with Gasteiger partial charge in [-0.1, -0.05) is 274 Å². The number of aryl methyl sites for hydroxylation is 1. The molecule has 0 N–H and O–H groups in total. The van der Waals surface area contributed by atoms with E-state index in [0.29, 0.717) is 0 Å². The Hall–Kier alpha value is -5.46. The predicted molar refractivity (Wildman–Crippen MR) is 272 cm³/mol. The zero-order chi connectivity index (χ0) is 42.6. The highest BCUT2D eigenvalue weighted by Crippen LogP contribution is 2.33. The van der Waals surface area contributed by atoms with E-state index >= 15 is 0 Å². The van der Waals surface area contributed by atoms with Crippen LogP contribution in [0.3, 0.4) is 0 Å². The summed E-state index contributed by atoms with van der Waals surface area (Å²) < 4.78 is 0. The van der Waals surface area contributed by atoms with Crippen molar-refractivity contribution < 1.29 is 0 Å². The predicted octanol–water partition coefficient (Wildman–Crippen LogP) is 19.1. The molecule has 0 nitrogen and oxygen atoms in total. The Morgan fingerprint density at radius 3 is 0.871 bits per heavy atom. The van der Waals surface area contributed by atoms with Crippen LogP contribution in [0.4, 0.5) is 0 Å². The highest BCUT2D eigenvalue weighted by atomic mass is 14.2. The summed E-state index contributed by atoms with van der Waals surface area (Å²) in [4.78, 5) is 0. The van der Waals surface area contributed by atoms with Gasteiger partial charge < -0.3 is 0 Å². The third-order valence-electron chi connectivity index (χ3n) is 13.0. The second kappa shape index (κ2) is 24.2. The summed E-state index contributed by atoms with van der Waals surface area (Å²) in [5, 5.41) is 0. The highest BCUT2D eigenvalue weighted by molar-refractivity contribution is 5.77. The van der Waals surface area contributed by atoms with Crippen LogP contribution >= 0.6 is 0 Å². The Morgan fingerprint density at radius 1 is 0.226 bits per heavy atom. The van der Waals surface area contributed by atoms with Gasteiger partial charge in [-0.15, -0.1) is 0 Å². The molecule has 0 heteroatoms. The normalized spacial score (nSPS) is 11.3. The maximum atomic E-state index is 2.43. The summed E-state index contributed by atoms with van der Waals surface area (Å²) in [6, 6.07) is 63.0. The number of benzene rings is 7. The van der Waals surface area contributed by atoms with E-state index in [1.165, 1.54) is 182 Å². The molecule has 7 aromatic carbocycles. The maximum absolute atomic E-state index is 2.43. The van der Waals surface area contributed by atoms with Gasteiger partial charge in [-0.3, -0.25) is 0 Å². The van der Waals surface area contributed by atoms with Gasteiger partial charge in [-0.2, -0.15) is 0 Å². The molecule has 7 rings (SSSR count). The van der Waals surface area contributed by atoms with Gasteiger partial charge in [0, 0.05) is 0 Å². The first kappa shape index (κ1) is 44.6. The summed E-state index contributed by atoms with van der Waals surface area (Å²) in [7, 11) is 0. The standard InChI is InChI=1S/C62H70/c1-3-5-7-9-11-13-15-18-25-59-26-22-28-62(61(59)27-21-16-14-12-10-8-6-4-2)60-47-45-58(46-48-60)57-43-41-56(42-44-57)55-39-37-54(38-40-55)53-35-33-52(34-36-53)51-31-29-50(30-32-51)49-23-19-17-20-24-49/h17,19-20,22-24,26,28-48H,3-16,18,21,25,27H2,1-2H3. The van der Waals surface area contributed by atoms with E-state index in [1.807, 2.05) is 0 Å². The fourth-order valence-electron chi connectivity index (χ4n) is 9.21. The van der Waals surface area contributed by atoms with Crippen LogP contribution in [0, 0.1) is 0 Å². The summed E-state index contributed by atoms with van der Waals surface area (Å²) in [5.74, 6) is 0. The van der Waals surface area contributed by atoms with Gasteiger partial charge in [0.2, 0.25) is 0 Å². The van der Waals surface area contributed by atoms with Crippen molar-refractivity contribution in [3.63, 3.8) is 0 Å². The van der Waals surface area contributed by atoms with Crippen LogP contribution in [0.2, 0.25) is 0 Å². The number of rotatable bonds is 24. The minimum atomic E-state index is 1.19. The first-order valence-corrected chi connectivity index (χ1v) is 24.4. The summed E-state index contributed by atoms with van der Waals surface area (Å²) in [6.07, 6.45) is 24.3. The van der Waals surface area contributed by atoms with Crippen molar-refractivity contribution in [3.05, 3.63) is 181 Å². The smallest absolute Gasteiger partial charge is 0.0149 e. The SMILES string of the molecule is CCCCCCCCCCc1cccc(-c2ccc(-c3ccc(-c4ccc(-c5ccc(-c6ccc(-c7ccccc7)cc6)cc5)cc4)cc3)cc2)c1CCCCCCCCCC. The van der Waals surface area contributed by atoms with Gasteiger partial charge in [0.15, 0.2) is 0 Å². The second-order valence-corrected chi connectivity index (χ2v) is 17.6. The molecule has 0 aliphatic carbocycles. The Labute approximate surface area is 375 Å². The zero-order valence-electron chi connectivity index (χ0n) is 37.9. The minimum absolute atomic E-state index is 1.19. The molecule has 0 spiro atoms. The quantitative estimate of drug-likeness (QED) is 0.0533. The molecule has 62 heavy (non-hydrogen) atoms. The van der Waals surface area contributed by atoms with Crippen molar-refractivity contribution >= 4 is 0 Å². The Morgan fingerprint density at radius 2 is 0.516 bits per heavy atom. The molecular weight excluding hydrogens is 745 g/mol. The van der Waals surface area contributed by atoms with Gasteiger partial charge in [0.25, 0.3) is 0 Å². The summed E-state index contributed by atoms with van der Waals surface area (Å²) in [5.41, 5.74) is 18.4. The van der Waals surface area contributed by atoms with Gasteiger partial charge in [0.1, 0.15) is 0 Å². The van der Waals surface area contributed by atoms with E-state index in [9.17, 15) is 0 Å². The van der Waals surface area contributed by atoms with Gasteiger partial charge in [-0.05, 0) is 104 Å². The summed E-state index contributed by atoms with van der Waals surface area (Å²) >= 11 is 0. The molecule has 0 heterocycles. The third-order valence-corrected chi connectivity index (χ3v) is 13.0. The molecule has 0 unspecified atom stereocenters. The molecule has 0 atom stereocenters. The molecule has 0 aliphatic heterocycles. The molecular formula is C62H70. The fraction of sp³-hybridized carbons (Fsp3) is 0.323. The van der Waals surface area contributed by atoms with E-state index in [4.69, 9.17) is 0 Å². The van der Waals surface area contributed by atoms with Crippen LogP contribution in [-0.2, 0) is 12.8 Å². The molecule has 0 bridgehead atoms. The van der Waals surface area contributed by atoms with Crippen LogP contribution < -0.4 is 0 Å². The number of hydrogen-bond donors (Lipinski definition) is 0. The highest BCUT2D eigenvalue weighted by Gasteiger charge is 2.12. The minimum Gasteiger partial charge on any atom is -0.0654 e. The van der Waals surface area contributed by atoms with E-state index in [0.717, 1.165) is 0 Å². The molecule has 0 amide bonds. The van der Waals surface area contributed by atoms with Crippen LogP contribution in [-0.4, -0.2) is 0 Å². The molecule has 0 radical (unpaired) electrons. The first-order valence-electron chi connectivity index (χ1n) is 24.4. The van der Waals surface area contributed by atoms with Crippen LogP contribution in [0.5, 0.6) is 0 Å². The number of hydrogen-bond acceptors (Lipinski definition) is 0. The van der Waals surface area contributed by atoms with Crippen LogP contribution in [0.1, 0.15) is 128 Å². The Kier molecular flexibility index (Phi) is 17.4. The van der Waals surface area contributed by atoms with E-state index in [1.54, 1.807) is 11.1 Å². The first-order chi connectivity index (χ1) is 30.7. The van der Waals surface area contributed by atoms with Crippen LogP contribution in [0.15, 0.2) is 170 Å². The molecule has 0 saturated carbocycles. The third kappa shape index (κ3) is 12.8. The summed E-state index contributed by atoms with van der Waals surface area (Å²) in [6.45, 7) is 4.61. The van der Waals surface area contributed by atoms with Gasteiger partial charge >= 0.3 is 0 Å². The van der Waals surface area contributed by atoms with E-state index < -0.39 is 0 Å². The lowest BCUT2D eigenvalue weighted by molar-refractivity contribution is 0.571. The van der Waals surface area contributed by atoms with Crippen molar-refractivity contribution in [2.24, 2.45) is 0 Å². The molecule has 7 aromatic rings. The van der Waals surface area contributed by atoms with Crippen molar-refractivity contribution in [2.45, 2.75) is 129 Å². The maximum Gasteiger partial charge on any atom is -0.0149 e. The zero-order valence-corrected chi connectivity index (χ0v) is 37.9. The van der Waals surface area contributed by atoms with E-state index in [-0.39, 0.29) is 0 Å². The van der Waals surface area contributed by atoms with Crippen molar-refractivity contribution in [3.8, 4) is 66.8 Å². The molecule has 318 valence electrons. The average molecular weight is 815 g/mol. The van der Waals surface area contributed by atoms with Gasteiger partial charge in [-0.25, -0.2) is 0 Å². The van der Waals surface area contributed by atoms with E-state index in [2.05, 4.69) is 184 Å². The van der Waals surface area contributed by atoms with Crippen LogP contribution in [0.25, 0.3) is 66.8 Å². The lowest BCUT2D eigenvalue weighted by Crippen LogP contribution is -1.99. The fourth-order valence-corrected chi connectivity index (χ4v) is 9.21. The van der Waals surface area contributed by atoms with Crippen molar-refractivity contribution in [1.82, 2.24) is 0 Å². The lowest BCUT2D eigenvalue weighted by Gasteiger charge is -2.16. The Balaban J connectivity index is 0.970.